The van der Waals surface area contributed by atoms with Crippen LogP contribution >= 0.6 is 0 Å². The lowest BCUT2D eigenvalue weighted by Gasteiger charge is -2.25. The van der Waals surface area contributed by atoms with Gasteiger partial charge in [0.1, 0.15) is 0 Å². The molecule has 0 aromatic carbocycles. The van der Waals surface area contributed by atoms with E-state index < -0.39 is 0 Å². The summed E-state index contributed by atoms with van der Waals surface area (Å²) in [4.78, 5) is 0. The summed E-state index contributed by atoms with van der Waals surface area (Å²) < 4.78 is 1.98. The second-order valence-corrected chi connectivity index (χ2v) is 4.55. The zero-order chi connectivity index (χ0) is 11.3. The summed E-state index contributed by atoms with van der Waals surface area (Å²) >= 11 is 0. The van der Waals surface area contributed by atoms with Crippen LogP contribution in [-0.2, 0) is 6.54 Å². The molecule has 2 atom stereocenters. The zero-order valence-electron chi connectivity index (χ0n) is 10.3. The molecule has 2 unspecified atom stereocenters. The van der Waals surface area contributed by atoms with E-state index in [-0.39, 0.29) is 0 Å². The molecule has 1 aromatic rings. The highest BCUT2D eigenvalue weighted by Gasteiger charge is 2.13. The Morgan fingerprint density at radius 2 is 2.07 bits per heavy atom. The average molecular weight is 209 g/mol. The van der Waals surface area contributed by atoms with Gasteiger partial charge in [0.2, 0.25) is 0 Å². The van der Waals surface area contributed by atoms with Crippen molar-refractivity contribution < 1.29 is 0 Å². The van der Waals surface area contributed by atoms with Crippen molar-refractivity contribution in [2.75, 3.05) is 0 Å². The van der Waals surface area contributed by atoms with Crippen LogP contribution in [0.25, 0.3) is 0 Å². The van der Waals surface area contributed by atoms with E-state index in [1.165, 1.54) is 6.42 Å². The first kappa shape index (κ1) is 12.2. The van der Waals surface area contributed by atoms with Crippen molar-refractivity contribution in [3.8, 4) is 0 Å². The van der Waals surface area contributed by atoms with E-state index in [1.807, 2.05) is 23.1 Å². The lowest BCUT2D eigenvalue weighted by Crippen LogP contribution is -2.41. The fourth-order valence-electron chi connectivity index (χ4n) is 1.89. The van der Waals surface area contributed by atoms with Crippen LogP contribution in [0.4, 0.5) is 0 Å². The van der Waals surface area contributed by atoms with Crippen molar-refractivity contribution in [1.29, 1.82) is 0 Å². The van der Waals surface area contributed by atoms with Crippen LogP contribution in [0.5, 0.6) is 0 Å². The predicted octanol–water partition coefficient (Wildman–Crippen LogP) is 2.30. The van der Waals surface area contributed by atoms with E-state index in [0.717, 1.165) is 6.54 Å². The van der Waals surface area contributed by atoms with Crippen LogP contribution in [0, 0.1) is 5.92 Å². The Hall–Kier alpha value is -0.830. The van der Waals surface area contributed by atoms with Gasteiger partial charge in [0.15, 0.2) is 0 Å². The van der Waals surface area contributed by atoms with Gasteiger partial charge < -0.3 is 5.32 Å². The van der Waals surface area contributed by atoms with Crippen molar-refractivity contribution in [3.05, 3.63) is 18.5 Å². The van der Waals surface area contributed by atoms with Crippen molar-refractivity contribution in [2.45, 2.75) is 52.7 Å². The zero-order valence-corrected chi connectivity index (χ0v) is 10.3. The number of hydrogen-bond acceptors (Lipinski definition) is 2. The highest BCUT2D eigenvalue weighted by Crippen LogP contribution is 2.06. The van der Waals surface area contributed by atoms with Crippen LogP contribution in [0.1, 0.15) is 34.1 Å². The maximum atomic E-state index is 4.21. The van der Waals surface area contributed by atoms with Crippen molar-refractivity contribution >= 4 is 0 Å². The SMILES string of the molecule is CCC(NC(C)Cn1cccn1)C(C)C. The first-order chi connectivity index (χ1) is 7.13. The van der Waals surface area contributed by atoms with Gasteiger partial charge in [-0.05, 0) is 25.3 Å². The van der Waals surface area contributed by atoms with E-state index >= 15 is 0 Å². The summed E-state index contributed by atoms with van der Waals surface area (Å²) in [7, 11) is 0. The predicted molar refractivity (Wildman–Crippen MR) is 63.7 cm³/mol. The molecule has 3 nitrogen and oxygen atoms in total. The highest BCUT2D eigenvalue weighted by atomic mass is 15.3. The lowest BCUT2D eigenvalue weighted by molar-refractivity contribution is 0.328. The molecule has 0 aliphatic rings. The van der Waals surface area contributed by atoms with Gasteiger partial charge in [0, 0.05) is 24.5 Å². The van der Waals surface area contributed by atoms with E-state index in [9.17, 15) is 0 Å². The minimum atomic E-state index is 0.470. The van der Waals surface area contributed by atoms with Gasteiger partial charge in [-0.1, -0.05) is 20.8 Å². The molecule has 0 bridgehead atoms. The molecule has 0 spiro atoms. The van der Waals surface area contributed by atoms with E-state index in [2.05, 4.69) is 38.1 Å². The van der Waals surface area contributed by atoms with Crippen molar-refractivity contribution in [3.63, 3.8) is 0 Å². The molecule has 0 aliphatic heterocycles. The van der Waals surface area contributed by atoms with Crippen molar-refractivity contribution in [2.24, 2.45) is 5.92 Å². The summed E-state index contributed by atoms with van der Waals surface area (Å²) in [5.41, 5.74) is 0. The van der Waals surface area contributed by atoms with Gasteiger partial charge in [-0.3, -0.25) is 4.68 Å². The Balaban J connectivity index is 2.37. The fourth-order valence-corrected chi connectivity index (χ4v) is 1.89. The highest BCUT2D eigenvalue weighted by molar-refractivity contribution is 4.80. The molecule has 15 heavy (non-hydrogen) atoms. The summed E-state index contributed by atoms with van der Waals surface area (Å²) in [6, 6.07) is 3.04. The molecule has 0 radical (unpaired) electrons. The van der Waals surface area contributed by atoms with E-state index in [0.29, 0.717) is 18.0 Å². The summed E-state index contributed by atoms with van der Waals surface area (Å²) in [5.74, 6) is 0.690. The quantitative estimate of drug-likeness (QED) is 0.779. The fraction of sp³-hybridized carbons (Fsp3) is 0.750. The first-order valence-electron chi connectivity index (χ1n) is 5.87. The third-order valence-electron chi connectivity index (χ3n) is 2.76. The molecular formula is C12H23N3. The second kappa shape index (κ2) is 5.91. The topological polar surface area (TPSA) is 29.9 Å². The Labute approximate surface area is 92.9 Å². The molecule has 86 valence electrons. The normalized spacial score (nSPS) is 15.5. The first-order valence-corrected chi connectivity index (χ1v) is 5.87. The number of aromatic nitrogens is 2. The molecule has 1 heterocycles. The molecule has 0 saturated heterocycles. The van der Waals surface area contributed by atoms with Crippen molar-refractivity contribution in [1.82, 2.24) is 15.1 Å². The average Bonchev–Trinajstić information content (AvgIpc) is 2.66. The van der Waals surface area contributed by atoms with Crippen LogP contribution in [-0.4, -0.2) is 21.9 Å². The monoisotopic (exact) mass is 209 g/mol. The summed E-state index contributed by atoms with van der Waals surface area (Å²) in [6.45, 7) is 9.92. The van der Waals surface area contributed by atoms with Gasteiger partial charge in [-0.2, -0.15) is 5.10 Å². The molecular weight excluding hydrogens is 186 g/mol. The Bertz CT molecular complexity index is 254. The van der Waals surface area contributed by atoms with E-state index in [4.69, 9.17) is 0 Å². The number of nitrogens with zero attached hydrogens (tertiary/aromatic N) is 2. The van der Waals surface area contributed by atoms with E-state index in [1.54, 1.807) is 0 Å². The molecule has 1 N–H and O–H groups in total. The van der Waals surface area contributed by atoms with Gasteiger partial charge in [-0.15, -0.1) is 0 Å². The minimum Gasteiger partial charge on any atom is -0.309 e. The largest absolute Gasteiger partial charge is 0.309 e. The molecule has 0 saturated carbocycles. The number of hydrogen-bond donors (Lipinski definition) is 1. The second-order valence-electron chi connectivity index (χ2n) is 4.55. The third kappa shape index (κ3) is 4.04. The number of nitrogens with one attached hydrogen (secondary N) is 1. The van der Waals surface area contributed by atoms with Crippen LogP contribution in [0.15, 0.2) is 18.5 Å². The Kier molecular flexibility index (Phi) is 4.82. The number of rotatable bonds is 6. The molecule has 1 aromatic heterocycles. The maximum Gasteiger partial charge on any atom is 0.0560 e. The summed E-state index contributed by atoms with van der Waals surface area (Å²) in [5, 5.41) is 7.85. The maximum absolute atomic E-state index is 4.21. The third-order valence-corrected chi connectivity index (χ3v) is 2.76. The van der Waals surface area contributed by atoms with Crippen LogP contribution < -0.4 is 5.32 Å². The molecule has 3 heteroatoms. The van der Waals surface area contributed by atoms with Crippen LogP contribution in [0.2, 0.25) is 0 Å². The summed E-state index contributed by atoms with van der Waals surface area (Å²) in [6.07, 6.45) is 5.02. The molecule has 0 aliphatic carbocycles. The standard InChI is InChI=1S/C12H23N3/c1-5-12(10(2)3)14-11(4)9-15-8-6-7-13-15/h6-8,10-12,14H,5,9H2,1-4H3. The molecule has 0 fully saturated rings. The van der Waals surface area contributed by atoms with Gasteiger partial charge in [0.05, 0.1) is 6.54 Å². The van der Waals surface area contributed by atoms with Gasteiger partial charge >= 0.3 is 0 Å². The van der Waals surface area contributed by atoms with Gasteiger partial charge in [0.25, 0.3) is 0 Å². The lowest BCUT2D eigenvalue weighted by atomic mass is 10.0. The Morgan fingerprint density at radius 3 is 2.53 bits per heavy atom. The molecule has 1 rings (SSSR count). The minimum absolute atomic E-state index is 0.470. The van der Waals surface area contributed by atoms with Crippen LogP contribution in [0.3, 0.4) is 0 Å². The van der Waals surface area contributed by atoms with Gasteiger partial charge in [-0.25, -0.2) is 0 Å². The molecule has 0 amide bonds. The Morgan fingerprint density at radius 1 is 1.33 bits per heavy atom. The smallest absolute Gasteiger partial charge is 0.0560 e.